The lowest BCUT2D eigenvalue weighted by Gasteiger charge is -2.29. The molecule has 0 fully saturated rings. The monoisotopic (exact) mass is 394 g/mol. The molecule has 2 aromatic heterocycles. The van der Waals surface area contributed by atoms with Gasteiger partial charge < -0.3 is 15.3 Å². The quantitative estimate of drug-likeness (QED) is 0.666. The molecule has 9 heteroatoms. The summed E-state index contributed by atoms with van der Waals surface area (Å²) in [5, 5.41) is 17.7. The Morgan fingerprint density at radius 3 is 2.79 bits per heavy atom. The zero-order valence-corrected chi connectivity index (χ0v) is 16.0. The van der Waals surface area contributed by atoms with Crippen LogP contribution in [-0.4, -0.2) is 49.7 Å². The molecule has 0 radical (unpaired) electrons. The molecule has 1 amide bonds. The van der Waals surface area contributed by atoms with Crippen LogP contribution in [0.15, 0.2) is 59.7 Å². The van der Waals surface area contributed by atoms with Gasteiger partial charge in [-0.1, -0.05) is 36.4 Å². The number of aliphatic hydroxyl groups excluding tert-OH is 1. The van der Waals surface area contributed by atoms with Gasteiger partial charge in [0.25, 0.3) is 11.5 Å². The number of anilines is 1. The number of hydrogen-bond donors (Lipinski definition) is 2. The van der Waals surface area contributed by atoms with Crippen LogP contribution in [0.5, 0.6) is 0 Å². The summed E-state index contributed by atoms with van der Waals surface area (Å²) in [6.45, 7) is 0.894. The van der Waals surface area contributed by atoms with Crippen molar-refractivity contribution in [3.8, 4) is 0 Å². The van der Waals surface area contributed by atoms with Gasteiger partial charge in [-0.3, -0.25) is 14.2 Å². The molecule has 0 aliphatic carbocycles. The number of amides is 1. The van der Waals surface area contributed by atoms with Gasteiger partial charge in [0.05, 0.1) is 12.6 Å². The Hall–Kier alpha value is -3.46. The summed E-state index contributed by atoms with van der Waals surface area (Å²) >= 11 is 0. The Balaban J connectivity index is 1.46. The maximum absolute atomic E-state index is 12.6. The number of rotatable bonds is 4. The van der Waals surface area contributed by atoms with E-state index in [2.05, 4.69) is 15.4 Å². The number of benzene rings is 1. The van der Waals surface area contributed by atoms with Crippen molar-refractivity contribution in [2.75, 3.05) is 11.9 Å². The third-order valence-electron chi connectivity index (χ3n) is 5.05. The van der Waals surface area contributed by atoms with E-state index in [0.29, 0.717) is 25.3 Å². The molecular formula is C20H22N6O3. The van der Waals surface area contributed by atoms with Crippen LogP contribution in [0.1, 0.15) is 22.6 Å². The summed E-state index contributed by atoms with van der Waals surface area (Å²) < 4.78 is 3.18. The molecular weight excluding hydrogens is 372 g/mol. The fraction of sp³-hybridized carbons (Fsp3) is 0.300. The van der Waals surface area contributed by atoms with Gasteiger partial charge >= 0.3 is 0 Å². The minimum Gasteiger partial charge on any atom is -0.371 e. The maximum Gasteiger partial charge on any atom is 0.291 e. The first kappa shape index (κ1) is 18.9. The minimum atomic E-state index is -0.985. The first-order valence-corrected chi connectivity index (χ1v) is 9.38. The molecule has 0 saturated carbocycles. The SMILES string of the molecule is CN1c2cccc(=O)n2CC[C@H](NC(=O)c2ncn(Cc3ccccc3)n2)C1O. The number of aromatic nitrogens is 4. The molecule has 4 rings (SSSR count). The number of nitrogens with one attached hydrogen (secondary N) is 1. The van der Waals surface area contributed by atoms with E-state index in [-0.39, 0.29) is 11.4 Å². The molecule has 3 heterocycles. The second-order valence-electron chi connectivity index (χ2n) is 7.02. The van der Waals surface area contributed by atoms with E-state index in [1.54, 1.807) is 33.3 Å². The normalized spacial score (nSPS) is 18.8. The van der Waals surface area contributed by atoms with Crippen molar-refractivity contribution in [3.05, 3.63) is 76.6 Å². The second-order valence-corrected chi connectivity index (χ2v) is 7.02. The summed E-state index contributed by atoms with van der Waals surface area (Å²) in [5.41, 5.74) is 0.906. The summed E-state index contributed by atoms with van der Waals surface area (Å²) in [6, 6.07) is 14.1. The molecule has 9 nitrogen and oxygen atoms in total. The van der Waals surface area contributed by atoms with Gasteiger partial charge in [-0.15, -0.1) is 5.10 Å². The van der Waals surface area contributed by atoms with Crippen LogP contribution in [0.2, 0.25) is 0 Å². The lowest BCUT2D eigenvalue weighted by atomic mass is 10.1. The fourth-order valence-electron chi connectivity index (χ4n) is 3.49. The third kappa shape index (κ3) is 3.90. The van der Waals surface area contributed by atoms with Gasteiger partial charge in [0, 0.05) is 19.7 Å². The van der Waals surface area contributed by atoms with Crippen molar-refractivity contribution < 1.29 is 9.90 Å². The standard InChI is InChI=1S/C20H22N6O3/c1-24-16-8-5-9-17(27)26(16)11-10-15(20(24)29)22-19(28)18-21-13-25(23-18)12-14-6-3-2-4-7-14/h2-9,13,15,20,29H,10-12H2,1H3,(H,22,28)/t15-,20?/m0/s1. The van der Waals surface area contributed by atoms with Crippen molar-refractivity contribution in [1.29, 1.82) is 0 Å². The lowest BCUT2D eigenvalue weighted by molar-refractivity contribution is 0.0818. The van der Waals surface area contributed by atoms with E-state index in [4.69, 9.17) is 0 Å². The van der Waals surface area contributed by atoms with Crippen LogP contribution in [-0.2, 0) is 13.1 Å². The second kappa shape index (κ2) is 7.88. The number of pyridine rings is 1. The molecule has 1 aliphatic rings. The Morgan fingerprint density at radius 2 is 2.00 bits per heavy atom. The molecule has 29 heavy (non-hydrogen) atoms. The maximum atomic E-state index is 12.6. The zero-order chi connectivity index (χ0) is 20.4. The Bertz CT molecular complexity index is 1060. The Kier molecular flexibility index (Phi) is 5.13. The number of fused-ring (bicyclic) bond motifs is 1. The van der Waals surface area contributed by atoms with Crippen molar-refractivity contribution >= 4 is 11.7 Å². The topological polar surface area (TPSA) is 105 Å². The van der Waals surface area contributed by atoms with Crippen molar-refractivity contribution in [2.24, 2.45) is 0 Å². The van der Waals surface area contributed by atoms with Gasteiger partial charge in [0.15, 0.2) is 0 Å². The highest BCUT2D eigenvalue weighted by molar-refractivity contribution is 5.90. The van der Waals surface area contributed by atoms with Crippen LogP contribution < -0.4 is 15.8 Å². The predicted molar refractivity (Wildman–Crippen MR) is 107 cm³/mol. The smallest absolute Gasteiger partial charge is 0.291 e. The van der Waals surface area contributed by atoms with E-state index in [1.807, 2.05) is 30.3 Å². The number of hydrogen-bond acceptors (Lipinski definition) is 6. The van der Waals surface area contributed by atoms with Crippen molar-refractivity contribution in [3.63, 3.8) is 0 Å². The summed E-state index contributed by atoms with van der Waals surface area (Å²) in [4.78, 5) is 30.4. The molecule has 1 aliphatic heterocycles. The van der Waals surface area contributed by atoms with Gasteiger partial charge in [-0.2, -0.15) is 0 Å². The van der Waals surface area contributed by atoms with Crippen molar-refractivity contribution in [1.82, 2.24) is 24.6 Å². The highest BCUT2D eigenvalue weighted by atomic mass is 16.3. The average Bonchev–Trinajstić information content (AvgIpc) is 3.15. The molecule has 0 bridgehead atoms. The molecule has 3 aromatic rings. The molecule has 0 saturated heterocycles. The molecule has 0 spiro atoms. The van der Waals surface area contributed by atoms with Gasteiger partial charge in [0.2, 0.25) is 5.82 Å². The van der Waals surface area contributed by atoms with Crippen LogP contribution >= 0.6 is 0 Å². The number of carbonyl (C=O) groups excluding carboxylic acids is 1. The average molecular weight is 394 g/mol. The summed E-state index contributed by atoms with van der Waals surface area (Å²) in [6.07, 6.45) is 0.923. The van der Waals surface area contributed by atoms with Crippen LogP contribution in [0.3, 0.4) is 0 Å². The van der Waals surface area contributed by atoms with Crippen LogP contribution in [0.4, 0.5) is 5.82 Å². The highest BCUT2D eigenvalue weighted by Crippen LogP contribution is 2.20. The van der Waals surface area contributed by atoms with Gasteiger partial charge in [0.1, 0.15) is 18.4 Å². The van der Waals surface area contributed by atoms with E-state index in [1.165, 1.54) is 12.4 Å². The molecule has 2 N–H and O–H groups in total. The molecule has 150 valence electrons. The largest absolute Gasteiger partial charge is 0.371 e. The van der Waals surface area contributed by atoms with E-state index in [0.717, 1.165) is 5.56 Å². The van der Waals surface area contributed by atoms with E-state index >= 15 is 0 Å². The first-order chi connectivity index (χ1) is 14.0. The van der Waals surface area contributed by atoms with Gasteiger partial charge in [-0.05, 0) is 18.1 Å². The molecule has 1 aromatic carbocycles. The Morgan fingerprint density at radius 1 is 1.21 bits per heavy atom. The zero-order valence-electron chi connectivity index (χ0n) is 16.0. The third-order valence-corrected chi connectivity index (χ3v) is 5.05. The molecule has 1 unspecified atom stereocenters. The van der Waals surface area contributed by atoms with E-state index in [9.17, 15) is 14.7 Å². The lowest BCUT2D eigenvalue weighted by Crippen LogP contribution is -2.50. The Labute approximate surface area is 167 Å². The number of likely N-dealkylation sites (N-methyl/N-ethyl adjacent to an activating group) is 1. The predicted octanol–water partition coefficient (Wildman–Crippen LogP) is 0.445. The molecule has 2 atom stereocenters. The van der Waals surface area contributed by atoms with Crippen LogP contribution in [0.25, 0.3) is 0 Å². The minimum absolute atomic E-state index is 0.0368. The highest BCUT2D eigenvalue weighted by Gasteiger charge is 2.30. The number of carbonyl (C=O) groups is 1. The van der Waals surface area contributed by atoms with Crippen LogP contribution in [0, 0.1) is 0 Å². The summed E-state index contributed by atoms with van der Waals surface area (Å²) in [5.74, 6) is 0.175. The number of aliphatic hydroxyl groups is 1. The van der Waals surface area contributed by atoms with Crippen molar-refractivity contribution in [2.45, 2.75) is 31.8 Å². The number of nitrogens with zero attached hydrogens (tertiary/aromatic N) is 5. The van der Waals surface area contributed by atoms with E-state index < -0.39 is 18.2 Å². The first-order valence-electron chi connectivity index (χ1n) is 9.38. The fourth-order valence-corrected chi connectivity index (χ4v) is 3.49. The van der Waals surface area contributed by atoms with Gasteiger partial charge in [-0.25, -0.2) is 9.67 Å². The summed E-state index contributed by atoms with van der Waals surface area (Å²) in [7, 11) is 1.69.